The van der Waals surface area contributed by atoms with Gasteiger partial charge in [0.2, 0.25) is 5.43 Å². The van der Waals surface area contributed by atoms with E-state index in [1.54, 1.807) is 24.4 Å². The second kappa shape index (κ2) is 9.57. The van der Waals surface area contributed by atoms with Crippen molar-refractivity contribution < 1.29 is 13.9 Å². The highest BCUT2D eigenvalue weighted by atomic mass is 35.5. The molecule has 0 saturated carbocycles. The number of pyridine rings is 1. The fraction of sp³-hybridized carbons (Fsp3) is 0.385. The van der Waals surface area contributed by atoms with Crippen LogP contribution in [0.3, 0.4) is 0 Å². The van der Waals surface area contributed by atoms with Crippen LogP contribution in [-0.4, -0.2) is 42.3 Å². The quantitative estimate of drug-likeness (QED) is 0.516. The summed E-state index contributed by atoms with van der Waals surface area (Å²) < 4.78 is 23.5. The summed E-state index contributed by atoms with van der Waals surface area (Å²) in [6.07, 6.45) is 1.55. The van der Waals surface area contributed by atoms with Crippen LogP contribution in [0.25, 0.3) is 10.9 Å². The fourth-order valence-corrected chi connectivity index (χ4v) is 5.59. The Bertz CT molecular complexity index is 1420. The highest BCUT2D eigenvalue weighted by Gasteiger charge is 2.32. The van der Waals surface area contributed by atoms with Gasteiger partial charge in [-0.1, -0.05) is 29.3 Å². The van der Waals surface area contributed by atoms with E-state index in [0.717, 1.165) is 0 Å². The number of carbonyl (C=O) groups excluding carboxylic acids is 1. The minimum atomic E-state index is -0.564. The molecule has 10 heteroatoms. The van der Waals surface area contributed by atoms with Gasteiger partial charge in [-0.25, -0.2) is 4.39 Å². The van der Waals surface area contributed by atoms with Crippen molar-refractivity contribution in [1.29, 1.82) is 0 Å². The van der Waals surface area contributed by atoms with Gasteiger partial charge in [-0.3, -0.25) is 9.59 Å². The lowest BCUT2D eigenvalue weighted by atomic mass is 10.0. The molecule has 0 radical (unpaired) electrons. The highest BCUT2D eigenvalue weighted by molar-refractivity contribution is 6.35. The van der Waals surface area contributed by atoms with Crippen LogP contribution in [0.2, 0.25) is 10.0 Å². The first-order valence-corrected chi connectivity index (χ1v) is 12.7. The molecule has 36 heavy (non-hydrogen) atoms. The summed E-state index contributed by atoms with van der Waals surface area (Å²) in [5.41, 5.74) is 0.913. The van der Waals surface area contributed by atoms with E-state index in [9.17, 15) is 9.59 Å². The first-order valence-electron chi connectivity index (χ1n) is 11.9. The number of carbonyl (C=O) groups is 1. The molecule has 3 aromatic rings. The number of aromatic nitrogens is 1. The second-order valence-corrected chi connectivity index (χ2v) is 10.5. The molecule has 1 aromatic heterocycles. The molecule has 7 nitrogen and oxygen atoms in total. The molecule has 1 saturated heterocycles. The molecular weight excluding hydrogens is 506 g/mol. The summed E-state index contributed by atoms with van der Waals surface area (Å²) >= 11 is 12.2. The molecule has 2 N–H and O–H groups in total. The second-order valence-electron chi connectivity index (χ2n) is 9.66. The van der Waals surface area contributed by atoms with Gasteiger partial charge in [-0.15, -0.1) is 0 Å². The van der Waals surface area contributed by atoms with Gasteiger partial charge in [0.25, 0.3) is 5.91 Å². The summed E-state index contributed by atoms with van der Waals surface area (Å²) in [4.78, 5) is 28.5. The van der Waals surface area contributed by atoms with Crippen molar-refractivity contribution in [2.75, 3.05) is 24.6 Å². The van der Waals surface area contributed by atoms with Crippen LogP contribution in [0.5, 0.6) is 5.75 Å². The number of amides is 1. The monoisotopic (exact) mass is 532 g/mol. The average molecular weight is 533 g/mol. The number of nitrogens with zero attached hydrogens (tertiary/aromatic N) is 2. The molecule has 0 aliphatic carbocycles. The number of ether oxygens (including phenoxy) is 1. The van der Waals surface area contributed by atoms with Crippen molar-refractivity contribution in [2.45, 2.75) is 45.4 Å². The van der Waals surface area contributed by atoms with E-state index in [1.807, 2.05) is 30.2 Å². The maximum absolute atomic E-state index is 15.6. The summed E-state index contributed by atoms with van der Waals surface area (Å²) in [5, 5.41) is 7.21. The van der Waals surface area contributed by atoms with Crippen LogP contribution in [0.15, 0.2) is 35.3 Å². The predicted octanol–water partition coefficient (Wildman–Crippen LogP) is 4.52. The number of anilines is 1. The van der Waals surface area contributed by atoms with Crippen molar-refractivity contribution >= 4 is 45.7 Å². The summed E-state index contributed by atoms with van der Waals surface area (Å²) in [6.45, 7) is 7.65. The lowest BCUT2D eigenvalue weighted by molar-refractivity contribution is 0.0948. The van der Waals surface area contributed by atoms with E-state index < -0.39 is 17.2 Å². The molecular formula is C26H27Cl2FN4O3. The number of rotatable bonds is 4. The maximum Gasteiger partial charge on any atom is 0.257 e. The SMILES string of the molecule is CC1CN(c2c(F)cc3c(=O)c(C(=O)NCc4ccc(Cl)cc4Cl)cn4c3c2OCC4C)CC(C)N1. The van der Waals surface area contributed by atoms with Crippen LogP contribution in [0.4, 0.5) is 10.1 Å². The number of hydrogen-bond acceptors (Lipinski definition) is 5. The third-order valence-electron chi connectivity index (χ3n) is 6.71. The Morgan fingerprint density at radius 2 is 1.92 bits per heavy atom. The van der Waals surface area contributed by atoms with E-state index in [0.29, 0.717) is 52.3 Å². The van der Waals surface area contributed by atoms with Gasteiger partial charge in [0.15, 0.2) is 11.6 Å². The first-order chi connectivity index (χ1) is 17.1. The number of piperazine rings is 1. The van der Waals surface area contributed by atoms with Crippen molar-refractivity contribution in [1.82, 2.24) is 15.2 Å². The molecule has 2 aliphatic rings. The Morgan fingerprint density at radius 3 is 2.61 bits per heavy atom. The lowest BCUT2D eigenvalue weighted by Crippen LogP contribution is -2.54. The largest absolute Gasteiger partial charge is 0.487 e. The van der Waals surface area contributed by atoms with Crippen LogP contribution in [0.1, 0.15) is 42.7 Å². The van der Waals surface area contributed by atoms with Gasteiger partial charge in [0.1, 0.15) is 17.9 Å². The fourth-order valence-electron chi connectivity index (χ4n) is 5.11. The van der Waals surface area contributed by atoms with Gasteiger partial charge < -0.3 is 24.8 Å². The molecule has 0 bridgehead atoms. The van der Waals surface area contributed by atoms with Crippen LogP contribution < -0.4 is 25.7 Å². The molecule has 3 heterocycles. The topological polar surface area (TPSA) is 75.6 Å². The zero-order chi connectivity index (χ0) is 25.7. The van der Waals surface area contributed by atoms with Crippen LogP contribution >= 0.6 is 23.2 Å². The summed E-state index contributed by atoms with van der Waals surface area (Å²) in [7, 11) is 0. The van der Waals surface area contributed by atoms with E-state index >= 15 is 4.39 Å². The summed E-state index contributed by atoms with van der Waals surface area (Å²) in [6, 6.07) is 6.39. The van der Waals surface area contributed by atoms with E-state index in [2.05, 4.69) is 10.6 Å². The lowest BCUT2D eigenvalue weighted by Gasteiger charge is -2.39. The first kappa shape index (κ1) is 24.9. The summed E-state index contributed by atoms with van der Waals surface area (Å²) in [5.74, 6) is -0.755. The van der Waals surface area contributed by atoms with Crippen LogP contribution in [-0.2, 0) is 6.54 Å². The van der Waals surface area contributed by atoms with Crippen molar-refractivity contribution in [3.8, 4) is 5.75 Å². The normalized spacial score (nSPS) is 21.4. The van der Waals surface area contributed by atoms with Crippen molar-refractivity contribution in [3.63, 3.8) is 0 Å². The third kappa shape index (κ3) is 4.42. The Hall–Kier alpha value is -2.81. The maximum atomic E-state index is 15.6. The smallest absolute Gasteiger partial charge is 0.257 e. The van der Waals surface area contributed by atoms with Gasteiger partial charge >= 0.3 is 0 Å². The van der Waals surface area contributed by atoms with E-state index in [4.69, 9.17) is 27.9 Å². The van der Waals surface area contributed by atoms with Crippen molar-refractivity contribution in [3.05, 3.63) is 67.7 Å². The van der Waals surface area contributed by atoms with Crippen LogP contribution in [0, 0.1) is 5.82 Å². The Balaban J connectivity index is 1.57. The average Bonchev–Trinajstić information content (AvgIpc) is 2.81. The minimum absolute atomic E-state index is 0.0659. The zero-order valence-corrected chi connectivity index (χ0v) is 21.7. The number of benzene rings is 2. The standard InChI is InChI=1S/C26H27Cl2FN4O3/c1-13-9-32(10-14(2)31-13)23-21(29)7-18-22-25(23)36-12-15(3)33(22)11-19(24(18)34)26(35)30-8-16-4-5-17(27)6-20(16)28/h4-7,11,13-15,31H,8-10,12H2,1-3H3,(H,30,35). The molecule has 5 rings (SSSR count). The number of halogens is 3. The van der Waals surface area contributed by atoms with Gasteiger partial charge in [-0.05, 0) is 44.5 Å². The van der Waals surface area contributed by atoms with E-state index in [-0.39, 0.29) is 35.6 Å². The van der Waals surface area contributed by atoms with Crippen molar-refractivity contribution in [2.24, 2.45) is 0 Å². The van der Waals surface area contributed by atoms with Gasteiger partial charge in [-0.2, -0.15) is 0 Å². The molecule has 3 unspecified atom stereocenters. The Kier molecular flexibility index (Phi) is 6.61. The predicted molar refractivity (Wildman–Crippen MR) is 140 cm³/mol. The Labute approximate surface area is 218 Å². The molecule has 2 aliphatic heterocycles. The molecule has 190 valence electrons. The van der Waals surface area contributed by atoms with Gasteiger partial charge in [0, 0.05) is 48.0 Å². The van der Waals surface area contributed by atoms with Gasteiger partial charge in [0.05, 0.1) is 16.9 Å². The molecule has 2 aromatic carbocycles. The minimum Gasteiger partial charge on any atom is -0.487 e. The number of hydrogen-bond donors (Lipinski definition) is 2. The zero-order valence-electron chi connectivity index (χ0n) is 20.2. The Morgan fingerprint density at radius 1 is 1.19 bits per heavy atom. The molecule has 1 amide bonds. The molecule has 0 spiro atoms. The van der Waals surface area contributed by atoms with E-state index in [1.165, 1.54) is 6.07 Å². The third-order valence-corrected chi connectivity index (χ3v) is 7.30. The molecule has 1 fully saturated rings. The highest BCUT2D eigenvalue weighted by Crippen LogP contribution is 2.42. The molecule has 3 atom stereocenters. The number of nitrogens with one attached hydrogen (secondary N) is 2.